The number of aryl methyl sites for hydroxylation is 1. The number of carboxylic acids is 1. The number of hydrogen-bond acceptors (Lipinski definition) is 4. The Kier molecular flexibility index (Phi) is 2.12. The summed E-state index contributed by atoms with van der Waals surface area (Å²) in [5.74, 6) is 0.0732. The van der Waals surface area contributed by atoms with E-state index in [1.54, 1.807) is 24.0 Å². The Morgan fingerprint density at radius 2 is 2.06 bits per heavy atom. The molecule has 18 heavy (non-hydrogen) atoms. The first-order valence-corrected chi connectivity index (χ1v) is 5.22. The predicted molar refractivity (Wildman–Crippen MR) is 62.1 cm³/mol. The third-order valence-electron chi connectivity index (χ3n) is 2.69. The highest BCUT2D eigenvalue weighted by molar-refractivity contribution is 5.86. The molecule has 0 saturated heterocycles. The molecule has 0 saturated carbocycles. The Hall–Kier alpha value is -2.70. The molecule has 3 heterocycles. The molecule has 0 aromatic carbocycles. The van der Waals surface area contributed by atoms with Crippen LogP contribution in [0.25, 0.3) is 17.2 Å². The second-order valence-electron chi connectivity index (χ2n) is 3.78. The molecule has 7 nitrogen and oxygen atoms in total. The van der Waals surface area contributed by atoms with Crippen LogP contribution in [0.1, 0.15) is 10.5 Å². The van der Waals surface area contributed by atoms with E-state index in [1.165, 1.54) is 10.7 Å². The highest BCUT2D eigenvalue weighted by atomic mass is 16.4. The predicted octanol–water partition coefficient (Wildman–Crippen LogP) is 0.828. The monoisotopic (exact) mass is 243 g/mol. The Balaban J connectivity index is 2.27. The van der Waals surface area contributed by atoms with Crippen molar-refractivity contribution in [2.24, 2.45) is 7.05 Å². The van der Waals surface area contributed by atoms with Gasteiger partial charge >= 0.3 is 5.97 Å². The number of imidazole rings is 1. The maximum atomic E-state index is 11.0. The van der Waals surface area contributed by atoms with Crippen LogP contribution in [0.3, 0.4) is 0 Å². The van der Waals surface area contributed by atoms with Gasteiger partial charge in [-0.25, -0.2) is 9.78 Å². The molecule has 0 aliphatic heterocycles. The van der Waals surface area contributed by atoms with Crippen LogP contribution in [0.15, 0.2) is 30.7 Å². The molecule has 1 N–H and O–H groups in total. The fourth-order valence-electron chi connectivity index (χ4n) is 1.82. The van der Waals surface area contributed by atoms with Gasteiger partial charge in [0.25, 0.3) is 0 Å². The highest BCUT2D eigenvalue weighted by Gasteiger charge is 2.17. The summed E-state index contributed by atoms with van der Waals surface area (Å²) in [5.41, 5.74) is 0.898. The number of rotatable bonds is 2. The summed E-state index contributed by atoms with van der Waals surface area (Å²) in [7, 11) is 1.79. The van der Waals surface area contributed by atoms with E-state index in [-0.39, 0.29) is 5.69 Å². The number of pyridine rings is 1. The first-order chi connectivity index (χ1) is 8.68. The minimum atomic E-state index is -1.05. The molecule has 3 aromatic rings. The zero-order valence-corrected chi connectivity index (χ0v) is 9.48. The van der Waals surface area contributed by atoms with Crippen LogP contribution in [0.4, 0.5) is 0 Å². The van der Waals surface area contributed by atoms with Crippen molar-refractivity contribution < 1.29 is 9.90 Å². The quantitative estimate of drug-likeness (QED) is 0.720. The fraction of sp³-hybridized carbons (Fsp3) is 0.0909. The molecule has 3 rings (SSSR count). The van der Waals surface area contributed by atoms with Gasteiger partial charge in [0, 0.05) is 25.0 Å². The fourth-order valence-corrected chi connectivity index (χ4v) is 1.82. The lowest BCUT2D eigenvalue weighted by atomic mass is 10.2. The second kappa shape index (κ2) is 3.66. The molecule has 0 aliphatic carbocycles. The summed E-state index contributed by atoms with van der Waals surface area (Å²) in [6, 6.07) is 3.62. The summed E-state index contributed by atoms with van der Waals surface area (Å²) < 4.78 is 3.06. The number of aromatic carboxylic acids is 1. The normalized spacial score (nSPS) is 10.9. The van der Waals surface area contributed by atoms with Gasteiger partial charge in [-0.15, -0.1) is 5.10 Å². The Morgan fingerprint density at radius 3 is 2.72 bits per heavy atom. The number of nitrogens with zero attached hydrogens (tertiary/aromatic N) is 5. The molecule has 7 heteroatoms. The van der Waals surface area contributed by atoms with Crippen LogP contribution in [-0.4, -0.2) is 35.2 Å². The van der Waals surface area contributed by atoms with Gasteiger partial charge in [-0.3, -0.25) is 9.55 Å². The molecule has 0 aliphatic rings. The van der Waals surface area contributed by atoms with E-state index in [9.17, 15) is 4.79 Å². The molecule has 3 aromatic heterocycles. The largest absolute Gasteiger partial charge is 0.476 e. The summed E-state index contributed by atoms with van der Waals surface area (Å²) >= 11 is 0. The van der Waals surface area contributed by atoms with Crippen LogP contribution >= 0.6 is 0 Å². The van der Waals surface area contributed by atoms with Gasteiger partial charge in [0.1, 0.15) is 0 Å². The number of carboxylic acid groups (broad SMARTS) is 1. The molecule has 0 radical (unpaired) electrons. The van der Waals surface area contributed by atoms with Crippen LogP contribution < -0.4 is 0 Å². The van der Waals surface area contributed by atoms with E-state index < -0.39 is 5.97 Å². The minimum Gasteiger partial charge on any atom is -0.476 e. The van der Waals surface area contributed by atoms with Gasteiger partial charge in [0.15, 0.2) is 11.5 Å². The summed E-state index contributed by atoms with van der Waals surface area (Å²) in [6.45, 7) is 0. The van der Waals surface area contributed by atoms with Gasteiger partial charge < -0.3 is 5.11 Å². The van der Waals surface area contributed by atoms with Gasteiger partial charge in [-0.1, -0.05) is 0 Å². The molecular weight excluding hydrogens is 234 g/mol. The van der Waals surface area contributed by atoms with Crippen molar-refractivity contribution in [2.75, 3.05) is 0 Å². The van der Waals surface area contributed by atoms with E-state index >= 15 is 0 Å². The molecule has 90 valence electrons. The maximum absolute atomic E-state index is 11.0. The van der Waals surface area contributed by atoms with Gasteiger partial charge in [0.05, 0.1) is 6.20 Å². The molecule has 0 amide bonds. The summed E-state index contributed by atoms with van der Waals surface area (Å²) in [6.07, 6.45) is 4.61. The van der Waals surface area contributed by atoms with E-state index in [1.807, 2.05) is 12.1 Å². The van der Waals surface area contributed by atoms with Gasteiger partial charge in [-0.05, 0) is 12.1 Å². The van der Waals surface area contributed by atoms with Crippen molar-refractivity contribution in [3.63, 3.8) is 0 Å². The van der Waals surface area contributed by atoms with Crippen molar-refractivity contribution in [2.45, 2.75) is 0 Å². The first-order valence-electron chi connectivity index (χ1n) is 5.22. The molecule has 0 fully saturated rings. The average Bonchev–Trinajstić information content (AvgIpc) is 2.91. The van der Waals surface area contributed by atoms with Crippen molar-refractivity contribution in [3.05, 3.63) is 36.4 Å². The number of fused-ring (bicyclic) bond motifs is 1. The summed E-state index contributed by atoms with van der Waals surface area (Å²) in [4.78, 5) is 19.0. The van der Waals surface area contributed by atoms with E-state index in [0.29, 0.717) is 11.6 Å². The number of hydrogen-bond donors (Lipinski definition) is 1. The van der Waals surface area contributed by atoms with Crippen LogP contribution in [0, 0.1) is 0 Å². The third kappa shape index (κ3) is 1.37. The molecule has 0 unspecified atom stereocenters. The van der Waals surface area contributed by atoms with Gasteiger partial charge in [-0.2, -0.15) is 4.52 Å². The molecule has 0 bridgehead atoms. The number of carbonyl (C=O) groups is 1. The zero-order valence-electron chi connectivity index (χ0n) is 9.48. The first kappa shape index (κ1) is 10.5. The highest BCUT2D eigenvalue weighted by Crippen LogP contribution is 2.18. The smallest absolute Gasteiger partial charge is 0.356 e. The van der Waals surface area contributed by atoms with Crippen LogP contribution in [-0.2, 0) is 7.05 Å². The average molecular weight is 243 g/mol. The lowest BCUT2D eigenvalue weighted by Gasteiger charge is -1.98. The Labute approximate surface area is 101 Å². The minimum absolute atomic E-state index is 0.0425. The second-order valence-corrected chi connectivity index (χ2v) is 3.78. The number of aromatic nitrogens is 5. The standard InChI is InChI=1S/C11H9N5O2/c1-15-9(7-2-4-12-5-3-7)14-16-8(10(17)18)6-13-11(15)16/h2-6H,1H3,(H,17,18). The van der Waals surface area contributed by atoms with Crippen molar-refractivity contribution in [1.29, 1.82) is 0 Å². The maximum Gasteiger partial charge on any atom is 0.356 e. The van der Waals surface area contributed by atoms with Crippen molar-refractivity contribution in [3.8, 4) is 11.4 Å². The van der Waals surface area contributed by atoms with Crippen molar-refractivity contribution >= 4 is 11.7 Å². The van der Waals surface area contributed by atoms with Gasteiger partial charge in [0.2, 0.25) is 5.78 Å². The Morgan fingerprint density at radius 1 is 1.33 bits per heavy atom. The van der Waals surface area contributed by atoms with Crippen LogP contribution in [0.5, 0.6) is 0 Å². The lowest BCUT2D eigenvalue weighted by molar-refractivity contribution is 0.0688. The van der Waals surface area contributed by atoms with Crippen molar-refractivity contribution in [1.82, 2.24) is 24.1 Å². The molecule has 0 spiro atoms. The SMILES string of the molecule is Cn1c(-c2ccncc2)nn2c(C(=O)O)cnc12. The lowest BCUT2D eigenvalue weighted by Crippen LogP contribution is -2.01. The topological polar surface area (TPSA) is 85.3 Å². The zero-order chi connectivity index (χ0) is 12.7. The summed E-state index contributed by atoms with van der Waals surface area (Å²) in [5, 5.41) is 13.3. The Bertz CT molecular complexity index is 729. The van der Waals surface area contributed by atoms with Crippen LogP contribution in [0.2, 0.25) is 0 Å². The van der Waals surface area contributed by atoms with E-state index in [4.69, 9.17) is 5.11 Å². The van der Waals surface area contributed by atoms with E-state index in [0.717, 1.165) is 5.56 Å². The molecule has 0 atom stereocenters. The third-order valence-corrected chi connectivity index (χ3v) is 2.69. The molecular formula is C11H9N5O2. The van der Waals surface area contributed by atoms with E-state index in [2.05, 4.69) is 15.1 Å².